The van der Waals surface area contributed by atoms with Crippen molar-refractivity contribution in [3.05, 3.63) is 47.7 Å². The molecular formula is C12H15NO. The third-order valence-corrected chi connectivity index (χ3v) is 1.85. The highest BCUT2D eigenvalue weighted by atomic mass is 16.1. The van der Waals surface area contributed by atoms with Gasteiger partial charge >= 0.3 is 0 Å². The normalized spacial score (nSPS) is 11.2. The topological polar surface area (TPSA) is 20.3 Å². The summed E-state index contributed by atoms with van der Waals surface area (Å²) in [6.45, 7) is 1.83. The van der Waals surface area contributed by atoms with E-state index in [1.54, 1.807) is 0 Å². The van der Waals surface area contributed by atoms with Gasteiger partial charge < -0.3 is 4.90 Å². The second kappa shape index (κ2) is 4.61. The van der Waals surface area contributed by atoms with Crippen molar-refractivity contribution in [3.63, 3.8) is 0 Å². The highest BCUT2D eigenvalue weighted by Crippen LogP contribution is 2.07. The van der Waals surface area contributed by atoms with Gasteiger partial charge in [-0.05, 0) is 6.92 Å². The zero-order valence-corrected chi connectivity index (χ0v) is 8.82. The van der Waals surface area contributed by atoms with E-state index in [0.717, 1.165) is 11.1 Å². The minimum absolute atomic E-state index is 0.0827. The lowest BCUT2D eigenvalue weighted by Crippen LogP contribution is -2.07. The van der Waals surface area contributed by atoms with Crippen LogP contribution in [0, 0.1) is 0 Å². The lowest BCUT2D eigenvalue weighted by Gasteiger charge is -2.07. The van der Waals surface area contributed by atoms with E-state index in [4.69, 9.17) is 0 Å². The van der Waals surface area contributed by atoms with Crippen LogP contribution in [0.15, 0.2) is 42.1 Å². The molecule has 0 fully saturated rings. The summed E-state index contributed by atoms with van der Waals surface area (Å²) >= 11 is 0. The molecule has 0 radical (unpaired) electrons. The van der Waals surface area contributed by atoms with Crippen LogP contribution in [0.5, 0.6) is 0 Å². The summed E-state index contributed by atoms with van der Waals surface area (Å²) in [5.74, 6) is 0.0827. The van der Waals surface area contributed by atoms with Gasteiger partial charge in [0.25, 0.3) is 0 Å². The summed E-state index contributed by atoms with van der Waals surface area (Å²) in [6.07, 6.45) is 1.83. The molecule has 74 valence electrons. The fourth-order valence-corrected chi connectivity index (χ4v) is 1.26. The molecule has 0 atom stereocenters. The van der Waals surface area contributed by atoms with E-state index in [-0.39, 0.29) is 5.78 Å². The number of allylic oxidation sites excluding steroid dienone is 1. The first-order chi connectivity index (χ1) is 6.61. The maximum Gasteiger partial charge on any atom is 0.190 e. The highest BCUT2D eigenvalue weighted by molar-refractivity contribution is 6.08. The second-order valence-corrected chi connectivity index (χ2v) is 3.47. The molecule has 0 unspecified atom stereocenters. The van der Waals surface area contributed by atoms with Crippen LogP contribution in [-0.4, -0.2) is 24.8 Å². The Kier molecular flexibility index (Phi) is 3.46. The van der Waals surface area contributed by atoms with Gasteiger partial charge in [-0.3, -0.25) is 4.79 Å². The number of benzene rings is 1. The number of rotatable bonds is 3. The van der Waals surface area contributed by atoms with Crippen molar-refractivity contribution in [2.75, 3.05) is 14.1 Å². The van der Waals surface area contributed by atoms with Gasteiger partial charge in [-0.1, -0.05) is 30.3 Å². The molecule has 0 aliphatic carbocycles. The van der Waals surface area contributed by atoms with Gasteiger partial charge in [0.05, 0.1) is 0 Å². The molecule has 0 heterocycles. The Morgan fingerprint density at radius 1 is 1.21 bits per heavy atom. The van der Waals surface area contributed by atoms with E-state index in [9.17, 15) is 4.79 Å². The maximum atomic E-state index is 11.8. The Labute approximate surface area is 84.9 Å². The standard InChI is InChI=1S/C12H15NO/c1-10(9-13(2)3)12(14)11-7-5-4-6-8-11/h4-9H,1-3H3/b10-9+. The fourth-order valence-electron chi connectivity index (χ4n) is 1.26. The van der Waals surface area contributed by atoms with Crippen LogP contribution in [0.3, 0.4) is 0 Å². The van der Waals surface area contributed by atoms with E-state index in [2.05, 4.69) is 0 Å². The smallest absolute Gasteiger partial charge is 0.190 e. The van der Waals surface area contributed by atoms with Crippen LogP contribution in [0.1, 0.15) is 17.3 Å². The molecule has 0 amide bonds. The zero-order valence-electron chi connectivity index (χ0n) is 8.82. The molecule has 14 heavy (non-hydrogen) atoms. The second-order valence-electron chi connectivity index (χ2n) is 3.47. The fraction of sp³-hybridized carbons (Fsp3) is 0.250. The summed E-state index contributed by atoms with van der Waals surface area (Å²) in [5, 5.41) is 0. The highest BCUT2D eigenvalue weighted by Gasteiger charge is 2.06. The van der Waals surface area contributed by atoms with E-state index < -0.39 is 0 Å². The van der Waals surface area contributed by atoms with Crippen molar-refractivity contribution in [2.45, 2.75) is 6.92 Å². The molecule has 0 bridgehead atoms. The molecule has 1 aromatic carbocycles. The molecule has 0 aliphatic heterocycles. The number of carbonyl (C=O) groups excluding carboxylic acids is 1. The van der Waals surface area contributed by atoms with Crippen molar-refractivity contribution in [2.24, 2.45) is 0 Å². The van der Waals surface area contributed by atoms with Crippen LogP contribution < -0.4 is 0 Å². The summed E-state index contributed by atoms with van der Waals surface area (Å²) < 4.78 is 0. The van der Waals surface area contributed by atoms with Gasteiger partial charge in [-0.25, -0.2) is 0 Å². The lowest BCUT2D eigenvalue weighted by atomic mass is 10.1. The first kappa shape index (κ1) is 10.5. The molecule has 0 aromatic heterocycles. The summed E-state index contributed by atoms with van der Waals surface area (Å²) in [6, 6.07) is 9.30. The third kappa shape index (κ3) is 2.73. The van der Waals surface area contributed by atoms with Gasteiger partial charge in [0.15, 0.2) is 5.78 Å². The molecule has 1 rings (SSSR count). The Bertz CT molecular complexity index is 339. The van der Waals surface area contributed by atoms with Gasteiger partial charge in [0.1, 0.15) is 0 Å². The van der Waals surface area contributed by atoms with Crippen LogP contribution in [0.2, 0.25) is 0 Å². The monoisotopic (exact) mass is 189 g/mol. The largest absolute Gasteiger partial charge is 0.383 e. The van der Waals surface area contributed by atoms with Gasteiger partial charge in [-0.15, -0.1) is 0 Å². The average molecular weight is 189 g/mol. The van der Waals surface area contributed by atoms with Gasteiger partial charge in [0, 0.05) is 31.4 Å². The number of hydrogen-bond donors (Lipinski definition) is 0. The lowest BCUT2D eigenvalue weighted by molar-refractivity contribution is 0.103. The number of nitrogens with zero attached hydrogens (tertiary/aromatic N) is 1. The molecule has 2 heteroatoms. The van der Waals surface area contributed by atoms with E-state index in [1.165, 1.54) is 0 Å². The molecule has 1 aromatic rings. The molecule has 0 aliphatic rings. The van der Waals surface area contributed by atoms with Crippen LogP contribution in [0.25, 0.3) is 0 Å². The molecule has 0 saturated carbocycles. The van der Waals surface area contributed by atoms with Crippen LogP contribution >= 0.6 is 0 Å². The third-order valence-electron chi connectivity index (χ3n) is 1.85. The maximum absolute atomic E-state index is 11.8. The van der Waals surface area contributed by atoms with Gasteiger partial charge in [0.2, 0.25) is 0 Å². The van der Waals surface area contributed by atoms with E-state index >= 15 is 0 Å². The molecule has 0 N–H and O–H groups in total. The first-order valence-electron chi connectivity index (χ1n) is 4.56. The van der Waals surface area contributed by atoms with Crippen molar-refractivity contribution in [1.82, 2.24) is 4.90 Å². The van der Waals surface area contributed by atoms with E-state index in [1.807, 2.05) is 62.5 Å². The number of Topliss-reactive ketones (excluding diaryl/α,β-unsaturated/α-hetero) is 1. The molecule has 0 spiro atoms. The zero-order chi connectivity index (χ0) is 10.6. The Morgan fingerprint density at radius 2 is 1.79 bits per heavy atom. The number of hydrogen-bond acceptors (Lipinski definition) is 2. The van der Waals surface area contributed by atoms with E-state index in [0.29, 0.717) is 0 Å². The Balaban J connectivity index is 2.87. The van der Waals surface area contributed by atoms with Crippen molar-refractivity contribution >= 4 is 5.78 Å². The average Bonchev–Trinajstić information content (AvgIpc) is 2.17. The van der Waals surface area contributed by atoms with Crippen molar-refractivity contribution < 1.29 is 4.79 Å². The summed E-state index contributed by atoms with van der Waals surface area (Å²) in [5.41, 5.74) is 1.49. The van der Waals surface area contributed by atoms with Crippen molar-refractivity contribution in [3.8, 4) is 0 Å². The molecular weight excluding hydrogens is 174 g/mol. The predicted octanol–water partition coefficient (Wildman–Crippen LogP) is 2.33. The van der Waals surface area contributed by atoms with Gasteiger partial charge in [-0.2, -0.15) is 0 Å². The molecule has 2 nitrogen and oxygen atoms in total. The number of carbonyl (C=O) groups is 1. The quantitative estimate of drug-likeness (QED) is 0.537. The van der Waals surface area contributed by atoms with Crippen molar-refractivity contribution in [1.29, 1.82) is 0 Å². The van der Waals surface area contributed by atoms with Crippen LogP contribution in [0.4, 0.5) is 0 Å². The van der Waals surface area contributed by atoms with Crippen LogP contribution in [-0.2, 0) is 0 Å². The number of ketones is 1. The predicted molar refractivity (Wildman–Crippen MR) is 58.2 cm³/mol. The SMILES string of the molecule is C/C(=C\N(C)C)C(=O)c1ccccc1. The minimum atomic E-state index is 0.0827. The minimum Gasteiger partial charge on any atom is -0.383 e. The Morgan fingerprint density at radius 3 is 2.29 bits per heavy atom. The summed E-state index contributed by atoms with van der Waals surface area (Å²) in [7, 11) is 3.81. The summed E-state index contributed by atoms with van der Waals surface area (Å²) in [4.78, 5) is 13.7. The molecule has 0 saturated heterocycles. The first-order valence-corrected chi connectivity index (χ1v) is 4.56. The Hall–Kier alpha value is -1.57.